The van der Waals surface area contributed by atoms with Crippen LogP contribution >= 0.6 is 0 Å². The lowest BCUT2D eigenvalue weighted by molar-refractivity contribution is 0.331. The minimum atomic E-state index is 0.181. The van der Waals surface area contributed by atoms with Gasteiger partial charge in [-0.3, -0.25) is 0 Å². The molecule has 0 radical (unpaired) electrons. The molecule has 0 aromatic rings. The van der Waals surface area contributed by atoms with Gasteiger partial charge in [-0.05, 0) is 39.0 Å². The predicted molar refractivity (Wildman–Crippen MR) is 72.5 cm³/mol. The van der Waals surface area contributed by atoms with Crippen LogP contribution in [0.5, 0.6) is 0 Å². The summed E-state index contributed by atoms with van der Waals surface area (Å²) in [5, 5.41) is 8.85. The minimum absolute atomic E-state index is 0.181. The quantitative estimate of drug-likeness (QED) is 0.603. The average Bonchev–Trinajstić information content (AvgIpc) is 2.26. The summed E-state index contributed by atoms with van der Waals surface area (Å²) in [5.74, 6) is 0.850. The lowest BCUT2D eigenvalue weighted by Crippen LogP contribution is -1.94. The molecule has 0 fully saturated rings. The third-order valence-corrected chi connectivity index (χ3v) is 2.99. The zero-order valence-corrected chi connectivity index (χ0v) is 11.4. The summed E-state index contributed by atoms with van der Waals surface area (Å²) in [7, 11) is 0. The van der Waals surface area contributed by atoms with Crippen molar-refractivity contribution in [2.45, 2.75) is 59.8 Å². The van der Waals surface area contributed by atoms with Gasteiger partial charge in [-0.1, -0.05) is 50.0 Å². The van der Waals surface area contributed by atoms with E-state index < -0.39 is 0 Å². The summed E-state index contributed by atoms with van der Waals surface area (Å²) in [5.41, 5.74) is 2.54. The van der Waals surface area contributed by atoms with Gasteiger partial charge < -0.3 is 5.11 Å². The second-order valence-electron chi connectivity index (χ2n) is 4.93. The lowest BCUT2D eigenvalue weighted by atomic mass is 9.97. The summed E-state index contributed by atoms with van der Waals surface area (Å²) in [6.45, 7) is 8.95. The molecule has 0 amide bonds. The number of hydrogen-bond acceptors (Lipinski definition) is 1. The van der Waals surface area contributed by atoms with Crippen molar-refractivity contribution in [1.29, 1.82) is 0 Å². The Bertz CT molecular complexity index is 226. The normalized spacial score (nSPS) is 15.3. The summed E-state index contributed by atoms with van der Waals surface area (Å²) in [4.78, 5) is 0. The maximum absolute atomic E-state index is 8.85. The number of allylic oxidation sites excluding steroid dienone is 3. The number of aliphatic hydroxyl groups excluding tert-OH is 1. The fourth-order valence-electron chi connectivity index (χ4n) is 1.74. The van der Waals surface area contributed by atoms with Crippen LogP contribution in [0.3, 0.4) is 0 Å². The van der Waals surface area contributed by atoms with Gasteiger partial charge in [-0.2, -0.15) is 0 Å². The van der Waals surface area contributed by atoms with Crippen molar-refractivity contribution in [3.63, 3.8) is 0 Å². The summed E-state index contributed by atoms with van der Waals surface area (Å²) < 4.78 is 0. The lowest BCUT2D eigenvalue weighted by Gasteiger charge is -2.09. The molecule has 0 saturated heterocycles. The van der Waals surface area contributed by atoms with Crippen molar-refractivity contribution >= 4 is 0 Å². The number of hydrogen-bond donors (Lipinski definition) is 1. The smallest absolute Gasteiger partial charge is 0.0639 e. The zero-order chi connectivity index (χ0) is 12.4. The Hall–Kier alpha value is -0.560. The highest BCUT2D eigenvalue weighted by atomic mass is 16.3. The third kappa shape index (κ3) is 8.72. The van der Waals surface area contributed by atoms with Crippen molar-refractivity contribution in [2.24, 2.45) is 5.92 Å². The highest BCUT2D eigenvalue weighted by molar-refractivity contribution is 5.06. The fourth-order valence-corrected chi connectivity index (χ4v) is 1.74. The van der Waals surface area contributed by atoms with E-state index in [1.807, 2.05) is 6.92 Å². The highest BCUT2D eigenvalue weighted by Crippen LogP contribution is 2.16. The maximum Gasteiger partial charge on any atom is 0.0639 e. The van der Waals surface area contributed by atoms with Gasteiger partial charge in [0.25, 0.3) is 0 Å². The van der Waals surface area contributed by atoms with E-state index in [1.54, 1.807) is 0 Å². The van der Waals surface area contributed by atoms with Gasteiger partial charge in [-0.15, -0.1) is 0 Å². The van der Waals surface area contributed by atoms with Crippen LogP contribution in [0.1, 0.15) is 59.8 Å². The van der Waals surface area contributed by atoms with Crippen LogP contribution in [0.4, 0.5) is 0 Å². The van der Waals surface area contributed by atoms with E-state index in [1.165, 1.54) is 31.3 Å². The summed E-state index contributed by atoms with van der Waals surface area (Å²) in [6.07, 6.45) is 10.5. The van der Waals surface area contributed by atoms with Gasteiger partial charge in [0.2, 0.25) is 0 Å². The Labute approximate surface area is 101 Å². The Morgan fingerprint density at radius 3 is 2.31 bits per heavy atom. The Kier molecular flexibility index (Phi) is 9.31. The molecule has 0 spiro atoms. The van der Waals surface area contributed by atoms with E-state index in [0.717, 1.165) is 17.9 Å². The molecular weight excluding hydrogens is 196 g/mol. The molecule has 0 heterocycles. The van der Waals surface area contributed by atoms with Crippen LogP contribution in [-0.4, -0.2) is 11.7 Å². The van der Waals surface area contributed by atoms with E-state index in [-0.39, 0.29) is 6.61 Å². The molecule has 94 valence electrons. The van der Waals surface area contributed by atoms with E-state index in [9.17, 15) is 0 Å². The second kappa shape index (κ2) is 9.65. The van der Waals surface area contributed by atoms with Gasteiger partial charge in [0, 0.05) is 0 Å². The Morgan fingerprint density at radius 1 is 1.12 bits per heavy atom. The first kappa shape index (κ1) is 15.4. The van der Waals surface area contributed by atoms with Gasteiger partial charge in [0.15, 0.2) is 0 Å². The Balaban J connectivity index is 3.79. The molecule has 1 N–H and O–H groups in total. The first-order chi connectivity index (χ1) is 7.60. The van der Waals surface area contributed by atoms with Gasteiger partial charge in [-0.25, -0.2) is 0 Å². The zero-order valence-electron chi connectivity index (χ0n) is 11.4. The first-order valence-electron chi connectivity index (χ1n) is 6.52. The van der Waals surface area contributed by atoms with Crippen LogP contribution in [-0.2, 0) is 0 Å². The SMILES string of the molecule is CCCC(C)CC/C(C)=C/C/C=C(\C)CO. The average molecular weight is 224 g/mol. The van der Waals surface area contributed by atoms with Crippen LogP contribution in [0.2, 0.25) is 0 Å². The molecule has 0 saturated carbocycles. The van der Waals surface area contributed by atoms with Gasteiger partial charge in [0.1, 0.15) is 0 Å². The van der Waals surface area contributed by atoms with Crippen LogP contribution in [0.15, 0.2) is 23.3 Å². The third-order valence-electron chi connectivity index (χ3n) is 2.99. The molecule has 0 aromatic carbocycles. The molecule has 0 rings (SSSR count). The van der Waals surface area contributed by atoms with E-state index in [2.05, 4.69) is 32.9 Å². The minimum Gasteiger partial charge on any atom is -0.392 e. The molecule has 0 bridgehead atoms. The molecule has 0 aromatic heterocycles. The fraction of sp³-hybridized carbons (Fsp3) is 0.733. The molecule has 1 heteroatoms. The van der Waals surface area contributed by atoms with Gasteiger partial charge >= 0.3 is 0 Å². The second-order valence-corrected chi connectivity index (χ2v) is 4.93. The first-order valence-corrected chi connectivity index (χ1v) is 6.52. The predicted octanol–water partition coefficient (Wildman–Crippen LogP) is 4.48. The van der Waals surface area contributed by atoms with E-state index >= 15 is 0 Å². The molecule has 1 unspecified atom stereocenters. The van der Waals surface area contributed by atoms with E-state index in [4.69, 9.17) is 5.11 Å². The number of aliphatic hydroxyl groups is 1. The van der Waals surface area contributed by atoms with Crippen LogP contribution < -0.4 is 0 Å². The molecule has 1 nitrogen and oxygen atoms in total. The van der Waals surface area contributed by atoms with Crippen molar-refractivity contribution in [3.8, 4) is 0 Å². The van der Waals surface area contributed by atoms with Crippen molar-refractivity contribution in [1.82, 2.24) is 0 Å². The molecule has 0 aliphatic heterocycles. The topological polar surface area (TPSA) is 20.2 Å². The largest absolute Gasteiger partial charge is 0.392 e. The van der Waals surface area contributed by atoms with Crippen molar-refractivity contribution in [3.05, 3.63) is 23.3 Å². The summed E-state index contributed by atoms with van der Waals surface area (Å²) in [6, 6.07) is 0. The Morgan fingerprint density at radius 2 is 1.75 bits per heavy atom. The van der Waals surface area contributed by atoms with Crippen molar-refractivity contribution < 1.29 is 5.11 Å². The standard InChI is InChI=1S/C15H28O/c1-5-7-13(2)10-11-14(3)8-6-9-15(4)12-16/h8-9,13,16H,5-7,10-12H2,1-4H3/b14-8+,15-9+. The van der Waals surface area contributed by atoms with Crippen LogP contribution in [0.25, 0.3) is 0 Å². The highest BCUT2D eigenvalue weighted by Gasteiger charge is 2.00. The molecule has 16 heavy (non-hydrogen) atoms. The van der Waals surface area contributed by atoms with Crippen LogP contribution in [0, 0.1) is 5.92 Å². The maximum atomic E-state index is 8.85. The van der Waals surface area contributed by atoms with E-state index in [0.29, 0.717) is 0 Å². The summed E-state index contributed by atoms with van der Waals surface area (Å²) >= 11 is 0. The molecule has 0 aliphatic carbocycles. The monoisotopic (exact) mass is 224 g/mol. The number of rotatable bonds is 8. The van der Waals surface area contributed by atoms with Gasteiger partial charge in [0.05, 0.1) is 6.61 Å². The molecule has 1 atom stereocenters. The molecule has 0 aliphatic rings. The van der Waals surface area contributed by atoms with Crippen molar-refractivity contribution in [2.75, 3.05) is 6.61 Å². The molecular formula is C15H28O.